The number of rotatable bonds is 7. The zero-order valence-electron chi connectivity index (χ0n) is 16.5. The number of benzene rings is 2. The van der Waals surface area contributed by atoms with E-state index in [1.165, 1.54) is 0 Å². The van der Waals surface area contributed by atoms with Crippen LogP contribution in [0.2, 0.25) is 0 Å². The van der Waals surface area contributed by atoms with Crippen molar-refractivity contribution in [2.45, 2.75) is 13.8 Å². The highest BCUT2D eigenvalue weighted by atomic mass is 79.9. The van der Waals surface area contributed by atoms with Gasteiger partial charge in [-0.25, -0.2) is 5.43 Å². The van der Waals surface area contributed by atoms with Crippen LogP contribution in [0, 0.1) is 13.8 Å². The molecule has 2 aromatic carbocycles. The Kier molecular flexibility index (Phi) is 6.72. The molecule has 0 aliphatic heterocycles. The number of amides is 1. The molecule has 0 saturated heterocycles. The molecule has 150 valence electrons. The summed E-state index contributed by atoms with van der Waals surface area (Å²) in [7, 11) is 1.59. The van der Waals surface area contributed by atoms with Crippen LogP contribution in [0.25, 0.3) is 5.69 Å². The third-order valence-electron chi connectivity index (χ3n) is 4.38. The van der Waals surface area contributed by atoms with Crippen LogP contribution in [-0.2, 0) is 4.79 Å². The smallest absolute Gasteiger partial charge is 0.277 e. The maximum absolute atomic E-state index is 12.0. The van der Waals surface area contributed by atoms with E-state index in [1.54, 1.807) is 37.6 Å². The third-order valence-corrected chi connectivity index (χ3v) is 4.91. The van der Waals surface area contributed by atoms with Gasteiger partial charge in [0, 0.05) is 27.1 Å². The summed E-state index contributed by atoms with van der Waals surface area (Å²) in [6.07, 6.45) is 1.64. The number of hydrogen-bond donors (Lipinski definition) is 1. The molecule has 0 spiro atoms. The third kappa shape index (κ3) is 5.26. The number of methoxy groups -OCH3 is 1. The minimum absolute atomic E-state index is 0.123. The van der Waals surface area contributed by atoms with Gasteiger partial charge in [0.15, 0.2) is 6.61 Å². The van der Waals surface area contributed by atoms with Gasteiger partial charge < -0.3 is 14.0 Å². The van der Waals surface area contributed by atoms with E-state index in [2.05, 4.69) is 31.0 Å². The van der Waals surface area contributed by atoms with Crippen LogP contribution in [-0.4, -0.2) is 30.4 Å². The van der Waals surface area contributed by atoms with Gasteiger partial charge in [0.2, 0.25) is 0 Å². The predicted octanol–water partition coefficient (Wildman–Crippen LogP) is 4.39. The average molecular weight is 456 g/mol. The van der Waals surface area contributed by atoms with Gasteiger partial charge in [-0.15, -0.1) is 0 Å². The second kappa shape index (κ2) is 9.43. The van der Waals surface area contributed by atoms with Crippen molar-refractivity contribution in [2.24, 2.45) is 5.10 Å². The molecule has 1 heterocycles. The minimum Gasteiger partial charge on any atom is -0.497 e. The second-order valence-electron chi connectivity index (χ2n) is 6.40. The molecule has 0 atom stereocenters. The number of hydrazone groups is 1. The zero-order chi connectivity index (χ0) is 20.8. The Labute approximate surface area is 178 Å². The number of nitrogens with zero attached hydrogens (tertiary/aromatic N) is 2. The van der Waals surface area contributed by atoms with Crippen LogP contribution >= 0.6 is 15.9 Å². The molecule has 3 rings (SSSR count). The van der Waals surface area contributed by atoms with Gasteiger partial charge in [0.25, 0.3) is 5.91 Å². The lowest BCUT2D eigenvalue weighted by Crippen LogP contribution is -2.24. The SMILES string of the molecule is COc1ccc(OCC(=O)N/N=C\c2cc(C)n(-c3ccc(Br)cc3)c2C)cc1. The largest absolute Gasteiger partial charge is 0.497 e. The highest BCUT2D eigenvalue weighted by Crippen LogP contribution is 2.21. The zero-order valence-corrected chi connectivity index (χ0v) is 18.1. The Hall–Kier alpha value is -3.06. The van der Waals surface area contributed by atoms with Crippen molar-refractivity contribution in [1.82, 2.24) is 9.99 Å². The lowest BCUT2D eigenvalue weighted by Gasteiger charge is -2.09. The molecule has 0 unspecified atom stereocenters. The fourth-order valence-corrected chi connectivity index (χ4v) is 3.20. The van der Waals surface area contributed by atoms with Crippen molar-refractivity contribution in [3.8, 4) is 17.2 Å². The van der Waals surface area contributed by atoms with Crippen LogP contribution in [0.15, 0.2) is 64.2 Å². The van der Waals surface area contributed by atoms with Crippen molar-refractivity contribution < 1.29 is 14.3 Å². The van der Waals surface area contributed by atoms with Crippen molar-refractivity contribution >= 4 is 28.1 Å². The molecule has 1 aromatic heterocycles. The molecular formula is C22H22BrN3O3. The van der Waals surface area contributed by atoms with E-state index in [-0.39, 0.29) is 12.5 Å². The molecular weight excluding hydrogens is 434 g/mol. The van der Waals surface area contributed by atoms with Crippen LogP contribution in [0.3, 0.4) is 0 Å². The number of nitrogens with one attached hydrogen (secondary N) is 1. The van der Waals surface area contributed by atoms with Crippen molar-refractivity contribution in [1.29, 1.82) is 0 Å². The molecule has 0 bridgehead atoms. The van der Waals surface area contributed by atoms with E-state index in [0.717, 1.165) is 32.9 Å². The lowest BCUT2D eigenvalue weighted by molar-refractivity contribution is -0.123. The molecule has 0 aliphatic carbocycles. The predicted molar refractivity (Wildman–Crippen MR) is 117 cm³/mol. The van der Waals surface area contributed by atoms with E-state index < -0.39 is 0 Å². The molecule has 3 aromatic rings. The van der Waals surface area contributed by atoms with Crippen LogP contribution in [0.5, 0.6) is 11.5 Å². The van der Waals surface area contributed by atoms with Crippen LogP contribution in [0.4, 0.5) is 0 Å². The van der Waals surface area contributed by atoms with E-state index in [0.29, 0.717) is 5.75 Å². The first-order valence-corrected chi connectivity index (χ1v) is 9.81. The standard InChI is InChI=1S/C22H22BrN3O3/c1-15-12-17(16(2)26(15)19-6-4-18(23)5-7-19)13-24-25-22(27)14-29-21-10-8-20(28-3)9-11-21/h4-13H,14H2,1-3H3,(H,25,27)/b24-13-. The minimum atomic E-state index is -0.334. The first-order valence-electron chi connectivity index (χ1n) is 9.01. The number of carbonyl (C=O) groups is 1. The molecule has 6 nitrogen and oxygen atoms in total. The van der Waals surface area contributed by atoms with Gasteiger partial charge in [0.05, 0.1) is 13.3 Å². The number of aromatic nitrogens is 1. The van der Waals surface area contributed by atoms with Crippen molar-refractivity contribution in [3.63, 3.8) is 0 Å². The molecule has 0 saturated carbocycles. The molecule has 7 heteroatoms. The first kappa shape index (κ1) is 20.7. The number of hydrogen-bond acceptors (Lipinski definition) is 4. The van der Waals surface area contributed by atoms with Gasteiger partial charge in [-0.2, -0.15) is 5.10 Å². The molecule has 29 heavy (non-hydrogen) atoms. The Morgan fingerprint density at radius 3 is 2.41 bits per heavy atom. The molecule has 1 N–H and O–H groups in total. The summed E-state index contributed by atoms with van der Waals surface area (Å²) < 4.78 is 13.7. The fourth-order valence-electron chi connectivity index (χ4n) is 2.93. The van der Waals surface area contributed by atoms with Crippen molar-refractivity contribution in [3.05, 3.63) is 76.0 Å². The summed E-state index contributed by atoms with van der Waals surface area (Å²) in [6, 6.07) is 17.2. The molecule has 0 fully saturated rings. The summed E-state index contributed by atoms with van der Waals surface area (Å²) in [6.45, 7) is 3.93. The summed E-state index contributed by atoms with van der Waals surface area (Å²) >= 11 is 3.46. The van der Waals surface area contributed by atoms with Crippen LogP contribution < -0.4 is 14.9 Å². The van der Waals surface area contributed by atoms with Gasteiger partial charge >= 0.3 is 0 Å². The topological polar surface area (TPSA) is 64.8 Å². The number of aryl methyl sites for hydroxylation is 1. The second-order valence-corrected chi connectivity index (χ2v) is 7.31. The maximum Gasteiger partial charge on any atom is 0.277 e. The van der Waals surface area contributed by atoms with Gasteiger partial charge in [0.1, 0.15) is 11.5 Å². The summed E-state index contributed by atoms with van der Waals surface area (Å²) in [5, 5.41) is 4.06. The van der Waals surface area contributed by atoms with Gasteiger partial charge in [-0.1, -0.05) is 15.9 Å². The fraction of sp³-hybridized carbons (Fsp3) is 0.182. The lowest BCUT2D eigenvalue weighted by atomic mass is 10.2. The Morgan fingerprint density at radius 2 is 1.76 bits per heavy atom. The monoisotopic (exact) mass is 455 g/mol. The summed E-state index contributed by atoms with van der Waals surface area (Å²) in [5.74, 6) is 0.980. The maximum atomic E-state index is 12.0. The molecule has 0 aliphatic rings. The Balaban J connectivity index is 1.59. The normalized spacial score (nSPS) is 10.9. The van der Waals surface area contributed by atoms with Gasteiger partial charge in [-0.05, 0) is 68.4 Å². The quantitative estimate of drug-likeness (QED) is 0.424. The highest BCUT2D eigenvalue weighted by Gasteiger charge is 2.09. The Bertz CT molecular complexity index is 1010. The number of ether oxygens (including phenoxy) is 2. The van der Waals surface area contributed by atoms with E-state index >= 15 is 0 Å². The van der Waals surface area contributed by atoms with Crippen molar-refractivity contribution in [2.75, 3.05) is 13.7 Å². The van der Waals surface area contributed by atoms with E-state index in [1.807, 2.05) is 44.2 Å². The summed E-state index contributed by atoms with van der Waals surface area (Å²) in [5.41, 5.74) is 6.62. The summed E-state index contributed by atoms with van der Waals surface area (Å²) in [4.78, 5) is 12.0. The first-order chi connectivity index (χ1) is 14.0. The Morgan fingerprint density at radius 1 is 1.10 bits per heavy atom. The highest BCUT2D eigenvalue weighted by molar-refractivity contribution is 9.10. The van der Waals surface area contributed by atoms with E-state index in [4.69, 9.17) is 9.47 Å². The van der Waals surface area contributed by atoms with E-state index in [9.17, 15) is 4.79 Å². The average Bonchev–Trinajstić information content (AvgIpc) is 3.01. The molecule has 0 radical (unpaired) electrons. The molecule has 1 amide bonds. The number of carbonyl (C=O) groups excluding carboxylic acids is 1. The van der Waals surface area contributed by atoms with Gasteiger partial charge in [-0.3, -0.25) is 4.79 Å². The number of halogens is 1. The van der Waals surface area contributed by atoms with Crippen LogP contribution in [0.1, 0.15) is 17.0 Å².